The SMILES string of the molecule is CCN(CC)S(=O)(=O)c1ccc2c(c1)CCCN2C(=O)CN1C(=O)NC2(CCCCC2C)C1=O. The predicted octanol–water partition coefficient (Wildman–Crippen LogP) is 2.50. The van der Waals surface area contributed by atoms with Gasteiger partial charge < -0.3 is 10.2 Å². The normalized spacial score (nSPS) is 25.1. The third-order valence-corrected chi connectivity index (χ3v) is 9.65. The average molecular weight is 491 g/mol. The van der Waals surface area contributed by atoms with Crippen molar-refractivity contribution in [2.75, 3.05) is 31.1 Å². The molecule has 2 fully saturated rings. The van der Waals surface area contributed by atoms with Crippen molar-refractivity contribution in [2.45, 2.75) is 69.7 Å². The minimum atomic E-state index is -3.60. The minimum Gasteiger partial charge on any atom is -0.323 e. The first-order valence-corrected chi connectivity index (χ1v) is 13.7. The molecule has 9 nitrogen and oxygen atoms in total. The standard InChI is InChI=1S/C24H34N4O5S/c1-4-26(5-2)34(32,33)19-11-12-20-18(15-19)10-8-14-27(20)21(29)16-28-22(30)24(25-23(28)31)13-7-6-9-17(24)3/h11-12,15,17H,4-10,13-14,16H2,1-3H3,(H,25,31). The Bertz CT molecular complexity index is 1100. The van der Waals surface area contributed by atoms with Gasteiger partial charge >= 0.3 is 6.03 Å². The van der Waals surface area contributed by atoms with E-state index in [0.717, 1.165) is 29.7 Å². The fraction of sp³-hybridized carbons (Fsp3) is 0.625. The topological polar surface area (TPSA) is 107 Å². The van der Waals surface area contributed by atoms with Crippen molar-refractivity contribution in [1.29, 1.82) is 0 Å². The number of benzene rings is 1. The first kappa shape index (κ1) is 24.7. The molecule has 4 amide bonds. The number of imide groups is 1. The second-order valence-electron chi connectivity index (χ2n) is 9.47. The van der Waals surface area contributed by atoms with Crippen LogP contribution in [0, 0.1) is 5.92 Å². The lowest BCUT2D eigenvalue weighted by Crippen LogP contribution is -2.54. The summed E-state index contributed by atoms with van der Waals surface area (Å²) in [6, 6.07) is 4.34. The molecule has 2 atom stereocenters. The van der Waals surface area contributed by atoms with Gasteiger partial charge in [-0.3, -0.25) is 14.5 Å². The summed E-state index contributed by atoms with van der Waals surface area (Å²) in [4.78, 5) is 42.0. The average Bonchev–Trinajstić information content (AvgIpc) is 3.05. The number of carbonyl (C=O) groups is 3. The van der Waals surface area contributed by atoms with Crippen LogP contribution in [0.1, 0.15) is 58.4 Å². The van der Waals surface area contributed by atoms with E-state index in [0.29, 0.717) is 44.6 Å². The summed E-state index contributed by atoms with van der Waals surface area (Å²) in [6.07, 6.45) is 4.70. The van der Waals surface area contributed by atoms with Gasteiger partial charge in [-0.15, -0.1) is 0 Å². The number of anilines is 1. The third-order valence-electron chi connectivity index (χ3n) is 7.61. The lowest BCUT2D eigenvalue weighted by atomic mass is 9.73. The van der Waals surface area contributed by atoms with Gasteiger partial charge in [0.15, 0.2) is 0 Å². The van der Waals surface area contributed by atoms with Crippen LogP contribution in [-0.2, 0) is 26.0 Å². The van der Waals surface area contributed by atoms with Crippen molar-refractivity contribution in [2.24, 2.45) is 5.92 Å². The molecule has 2 heterocycles. The van der Waals surface area contributed by atoms with E-state index in [1.54, 1.807) is 30.9 Å². The van der Waals surface area contributed by atoms with E-state index in [2.05, 4.69) is 5.32 Å². The van der Waals surface area contributed by atoms with Gasteiger partial charge in [0.1, 0.15) is 12.1 Å². The molecule has 0 bridgehead atoms. The molecule has 1 saturated heterocycles. The van der Waals surface area contributed by atoms with Gasteiger partial charge in [-0.25, -0.2) is 13.2 Å². The van der Waals surface area contributed by atoms with E-state index >= 15 is 0 Å². The van der Waals surface area contributed by atoms with Crippen LogP contribution in [0.4, 0.5) is 10.5 Å². The molecule has 186 valence electrons. The largest absolute Gasteiger partial charge is 0.325 e. The number of nitrogens with one attached hydrogen (secondary N) is 1. The molecular weight excluding hydrogens is 456 g/mol. The van der Waals surface area contributed by atoms with Crippen LogP contribution in [0.25, 0.3) is 0 Å². The van der Waals surface area contributed by atoms with Crippen molar-refractivity contribution in [3.05, 3.63) is 23.8 Å². The predicted molar refractivity (Wildman–Crippen MR) is 128 cm³/mol. The van der Waals surface area contributed by atoms with Crippen LogP contribution >= 0.6 is 0 Å². The maximum absolute atomic E-state index is 13.3. The van der Waals surface area contributed by atoms with Gasteiger partial charge in [0.25, 0.3) is 5.91 Å². The molecule has 0 aromatic heterocycles. The molecule has 4 rings (SSSR count). The number of urea groups is 1. The molecule has 2 unspecified atom stereocenters. The molecule has 3 aliphatic rings. The summed E-state index contributed by atoms with van der Waals surface area (Å²) in [6.45, 7) is 6.48. The van der Waals surface area contributed by atoms with Gasteiger partial charge in [-0.05, 0) is 55.4 Å². The Morgan fingerprint density at radius 1 is 1.18 bits per heavy atom. The van der Waals surface area contributed by atoms with Crippen LogP contribution in [0.2, 0.25) is 0 Å². The van der Waals surface area contributed by atoms with E-state index in [1.165, 1.54) is 10.4 Å². The molecule has 1 aromatic carbocycles. The molecule has 0 radical (unpaired) electrons. The minimum absolute atomic E-state index is 0.0275. The molecule has 34 heavy (non-hydrogen) atoms. The number of hydrogen-bond acceptors (Lipinski definition) is 5. The Kier molecular flexibility index (Phi) is 6.74. The summed E-state index contributed by atoms with van der Waals surface area (Å²) in [5.41, 5.74) is 0.522. The summed E-state index contributed by atoms with van der Waals surface area (Å²) < 4.78 is 27.3. The summed E-state index contributed by atoms with van der Waals surface area (Å²) in [5, 5.41) is 2.89. The number of amides is 4. The zero-order valence-corrected chi connectivity index (χ0v) is 21.0. The van der Waals surface area contributed by atoms with Crippen molar-refractivity contribution in [3.8, 4) is 0 Å². The third kappa shape index (κ3) is 4.00. The number of hydrogen-bond donors (Lipinski definition) is 1. The zero-order valence-electron chi connectivity index (χ0n) is 20.2. The highest BCUT2D eigenvalue weighted by Crippen LogP contribution is 2.38. The molecule has 1 N–H and O–H groups in total. The lowest BCUT2D eigenvalue weighted by molar-refractivity contribution is -0.136. The second-order valence-corrected chi connectivity index (χ2v) is 11.4. The molecule has 1 spiro atoms. The van der Waals surface area contributed by atoms with E-state index in [4.69, 9.17) is 0 Å². The molecule has 1 aliphatic carbocycles. The Balaban J connectivity index is 1.55. The Morgan fingerprint density at radius 3 is 2.59 bits per heavy atom. The number of sulfonamides is 1. The second kappa shape index (κ2) is 9.30. The van der Waals surface area contributed by atoms with Gasteiger partial charge in [0, 0.05) is 25.3 Å². The van der Waals surface area contributed by atoms with Crippen molar-refractivity contribution in [3.63, 3.8) is 0 Å². The monoisotopic (exact) mass is 490 g/mol. The maximum atomic E-state index is 13.3. The van der Waals surface area contributed by atoms with Gasteiger partial charge in [0.2, 0.25) is 15.9 Å². The maximum Gasteiger partial charge on any atom is 0.325 e. The first-order valence-electron chi connectivity index (χ1n) is 12.2. The highest BCUT2D eigenvalue weighted by atomic mass is 32.2. The lowest BCUT2D eigenvalue weighted by Gasteiger charge is -2.37. The number of carbonyl (C=O) groups excluding carboxylic acids is 3. The number of nitrogens with zero attached hydrogens (tertiary/aromatic N) is 3. The molecular formula is C24H34N4O5S. The number of fused-ring (bicyclic) bond motifs is 1. The Morgan fingerprint density at radius 2 is 1.91 bits per heavy atom. The van der Waals surface area contributed by atoms with E-state index < -0.39 is 21.6 Å². The summed E-state index contributed by atoms with van der Waals surface area (Å²) >= 11 is 0. The van der Waals surface area contributed by atoms with Crippen molar-refractivity contribution in [1.82, 2.24) is 14.5 Å². The van der Waals surface area contributed by atoms with Crippen LogP contribution in [0.3, 0.4) is 0 Å². The molecule has 10 heteroatoms. The smallest absolute Gasteiger partial charge is 0.323 e. The van der Waals surface area contributed by atoms with Gasteiger partial charge in [-0.1, -0.05) is 33.6 Å². The molecule has 1 aromatic rings. The van der Waals surface area contributed by atoms with Crippen LogP contribution < -0.4 is 10.2 Å². The van der Waals surface area contributed by atoms with Gasteiger partial charge in [0.05, 0.1) is 4.90 Å². The fourth-order valence-electron chi connectivity index (χ4n) is 5.57. The van der Waals surface area contributed by atoms with Crippen LogP contribution in [-0.4, -0.2) is 67.2 Å². The van der Waals surface area contributed by atoms with Gasteiger partial charge in [-0.2, -0.15) is 4.31 Å². The Hall–Kier alpha value is -2.46. The fourth-order valence-corrected chi connectivity index (χ4v) is 7.07. The van der Waals surface area contributed by atoms with E-state index in [1.807, 2.05) is 6.92 Å². The molecule has 2 aliphatic heterocycles. The highest BCUT2D eigenvalue weighted by molar-refractivity contribution is 7.89. The Labute approximate surface area is 201 Å². The van der Waals surface area contributed by atoms with Crippen LogP contribution in [0.15, 0.2) is 23.1 Å². The summed E-state index contributed by atoms with van der Waals surface area (Å²) in [5.74, 6) is -0.625. The van der Waals surface area contributed by atoms with E-state index in [9.17, 15) is 22.8 Å². The first-order chi connectivity index (χ1) is 16.2. The summed E-state index contributed by atoms with van der Waals surface area (Å²) in [7, 11) is -3.60. The number of rotatable bonds is 6. The van der Waals surface area contributed by atoms with Crippen molar-refractivity contribution < 1.29 is 22.8 Å². The van der Waals surface area contributed by atoms with E-state index in [-0.39, 0.29) is 29.2 Å². The zero-order chi connectivity index (χ0) is 24.7. The number of aryl methyl sites for hydroxylation is 1. The van der Waals surface area contributed by atoms with Crippen molar-refractivity contribution >= 4 is 33.6 Å². The highest BCUT2D eigenvalue weighted by Gasteiger charge is 2.55. The van der Waals surface area contributed by atoms with Crippen LogP contribution in [0.5, 0.6) is 0 Å². The quantitative estimate of drug-likeness (QED) is 0.617. The molecule has 1 saturated carbocycles.